The third kappa shape index (κ3) is 2.99. The molecule has 0 spiro atoms. The predicted octanol–water partition coefficient (Wildman–Crippen LogP) is 4.59. The molecule has 0 N–H and O–H groups in total. The Morgan fingerprint density at radius 1 is 1.27 bits per heavy atom. The van der Waals surface area contributed by atoms with Crippen LogP contribution >= 0.6 is 38.9 Å². The zero-order chi connectivity index (χ0) is 15.7. The Kier molecular flexibility index (Phi) is 4.14. The molecular weight excluding hydrogens is 392 g/mol. The summed E-state index contributed by atoms with van der Waals surface area (Å²) < 4.78 is 0.652. The molecule has 3 aromatic rings. The maximum atomic E-state index is 10.9. The second-order valence-corrected chi connectivity index (χ2v) is 6.78. The number of nitro benzene ring substituents is 1. The molecule has 2 heterocycles. The van der Waals surface area contributed by atoms with Crippen LogP contribution in [0.3, 0.4) is 0 Å². The van der Waals surface area contributed by atoms with Crippen LogP contribution in [-0.4, -0.2) is 19.9 Å². The Balaban J connectivity index is 2.16. The Hall–Kier alpha value is -1.90. The number of nitro groups is 1. The number of rotatable bonds is 3. The van der Waals surface area contributed by atoms with Gasteiger partial charge in [-0.15, -0.1) is 11.3 Å². The quantitative estimate of drug-likeness (QED) is 0.367. The molecule has 1 aromatic carbocycles. The van der Waals surface area contributed by atoms with Gasteiger partial charge in [0, 0.05) is 23.9 Å². The molecule has 3 rings (SSSR count). The summed E-state index contributed by atoms with van der Waals surface area (Å²) in [5, 5.41) is 11.1. The Bertz CT molecular complexity index is 871. The van der Waals surface area contributed by atoms with Gasteiger partial charge in [-0.1, -0.05) is 12.1 Å². The number of nitrogens with zero attached hydrogens (tertiary/aromatic N) is 4. The average Bonchev–Trinajstić information content (AvgIpc) is 2.89. The van der Waals surface area contributed by atoms with Crippen LogP contribution in [0, 0.1) is 10.1 Å². The number of aromatic nitrogens is 3. The van der Waals surface area contributed by atoms with E-state index in [1.807, 2.05) is 0 Å². The number of non-ortho nitro benzene ring substituents is 1. The van der Waals surface area contributed by atoms with Crippen LogP contribution in [0.4, 0.5) is 5.69 Å². The van der Waals surface area contributed by atoms with Gasteiger partial charge < -0.3 is 0 Å². The summed E-state index contributed by atoms with van der Waals surface area (Å²) in [7, 11) is 0. The van der Waals surface area contributed by atoms with E-state index in [0.717, 1.165) is 4.88 Å². The minimum Gasteiger partial charge on any atom is -0.258 e. The van der Waals surface area contributed by atoms with E-state index in [4.69, 9.17) is 11.6 Å². The van der Waals surface area contributed by atoms with Crippen LogP contribution in [0.25, 0.3) is 21.8 Å². The molecule has 0 fully saturated rings. The second kappa shape index (κ2) is 6.07. The van der Waals surface area contributed by atoms with E-state index in [2.05, 4.69) is 30.9 Å². The van der Waals surface area contributed by atoms with Gasteiger partial charge in [-0.2, -0.15) is 0 Å². The van der Waals surface area contributed by atoms with E-state index in [-0.39, 0.29) is 11.0 Å². The summed E-state index contributed by atoms with van der Waals surface area (Å²) in [6.07, 6.45) is 1.55. The monoisotopic (exact) mass is 396 g/mol. The van der Waals surface area contributed by atoms with E-state index in [9.17, 15) is 10.1 Å². The molecule has 0 unspecified atom stereocenters. The summed E-state index contributed by atoms with van der Waals surface area (Å²) in [6.45, 7) is 0. The molecule has 0 amide bonds. The summed E-state index contributed by atoms with van der Waals surface area (Å²) >= 11 is 10.5. The lowest BCUT2D eigenvalue weighted by Crippen LogP contribution is -1.90. The van der Waals surface area contributed by atoms with Crippen molar-refractivity contribution >= 4 is 44.6 Å². The maximum absolute atomic E-state index is 10.9. The molecular formula is C13H6BrClN4O2S. The molecule has 0 saturated heterocycles. The first-order valence-electron chi connectivity index (χ1n) is 5.94. The van der Waals surface area contributed by atoms with E-state index in [0.29, 0.717) is 20.9 Å². The van der Waals surface area contributed by atoms with Gasteiger partial charge in [-0.3, -0.25) is 10.1 Å². The summed E-state index contributed by atoms with van der Waals surface area (Å²) in [5.41, 5.74) is 1.87. The van der Waals surface area contributed by atoms with Gasteiger partial charge in [0.05, 0.1) is 21.2 Å². The normalized spacial score (nSPS) is 10.6. The van der Waals surface area contributed by atoms with Crippen molar-refractivity contribution in [3.05, 3.63) is 55.8 Å². The van der Waals surface area contributed by atoms with Crippen molar-refractivity contribution in [2.75, 3.05) is 0 Å². The molecule has 0 aliphatic rings. The van der Waals surface area contributed by atoms with E-state index >= 15 is 0 Å². The first kappa shape index (κ1) is 15.0. The van der Waals surface area contributed by atoms with E-state index in [1.54, 1.807) is 24.4 Å². The fourth-order valence-corrected chi connectivity index (χ4v) is 3.49. The van der Waals surface area contributed by atoms with Gasteiger partial charge in [0.15, 0.2) is 3.92 Å². The van der Waals surface area contributed by atoms with Crippen molar-refractivity contribution in [3.8, 4) is 21.8 Å². The molecule has 2 aromatic heterocycles. The lowest BCUT2D eigenvalue weighted by molar-refractivity contribution is -0.384. The van der Waals surface area contributed by atoms with Gasteiger partial charge in [0.25, 0.3) is 5.69 Å². The average molecular weight is 398 g/mol. The lowest BCUT2D eigenvalue weighted by Gasteiger charge is -2.02. The summed E-state index contributed by atoms with van der Waals surface area (Å²) in [4.78, 5) is 23.7. The van der Waals surface area contributed by atoms with Crippen LogP contribution < -0.4 is 0 Å². The van der Waals surface area contributed by atoms with Crippen molar-refractivity contribution < 1.29 is 4.92 Å². The number of benzene rings is 1. The van der Waals surface area contributed by atoms with Crippen molar-refractivity contribution in [1.29, 1.82) is 0 Å². The molecule has 0 radical (unpaired) electrons. The molecule has 0 bridgehead atoms. The lowest BCUT2D eigenvalue weighted by atomic mass is 10.1. The van der Waals surface area contributed by atoms with Gasteiger partial charge in [0.2, 0.25) is 5.28 Å². The van der Waals surface area contributed by atoms with Crippen LogP contribution in [0.15, 0.2) is 40.4 Å². The van der Waals surface area contributed by atoms with Crippen LogP contribution in [0.5, 0.6) is 0 Å². The van der Waals surface area contributed by atoms with Gasteiger partial charge in [-0.05, 0) is 33.6 Å². The van der Waals surface area contributed by atoms with Crippen molar-refractivity contribution in [1.82, 2.24) is 15.0 Å². The fourth-order valence-electron chi connectivity index (χ4n) is 1.89. The molecule has 9 heteroatoms. The fraction of sp³-hybridized carbons (Fsp3) is 0. The minimum atomic E-state index is -0.438. The van der Waals surface area contributed by atoms with E-state index in [1.165, 1.54) is 23.5 Å². The first-order valence-corrected chi connectivity index (χ1v) is 7.93. The molecule has 0 saturated carbocycles. The Labute approximate surface area is 142 Å². The molecule has 0 aliphatic carbocycles. The van der Waals surface area contributed by atoms with Crippen molar-refractivity contribution in [2.24, 2.45) is 0 Å². The molecule has 6 nitrogen and oxygen atoms in total. The largest absolute Gasteiger partial charge is 0.270 e. The first-order chi connectivity index (χ1) is 10.5. The van der Waals surface area contributed by atoms with Crippen molar-refractivity contribution in [2.45, 2.75) is 0 Å². The third-order valence-electron chi connectivity index (χ3n) is 2.79. The van der Waals surface area contributed by atoms with Gasteiger partial charge >= 0.3 is 0 Å². The molecule has 110 valence electrons. The highest BCUT2D eigenvalue weighted by Crippen LogP contribution is 2.38. The highest BCUT2D eigenvalue weighted by molar-refractivity contribution is 9.11. The third-order valence-corrected chi connectivity index (χ3v) is 4.50. The topological polar surface area (TPSA) is 81.8 Å². The zero-order valence-electron chi connectivity index (χ0n) is 10.7. The number of thiazole rings is 1. The minimum absolute atomic E-state index is 0.00768. The number of halogens is 2. The molecule has 0 aliphatic heterocycles. The zero-order valence-corrected chi connectivity index (χ0v) is 13.9. The van der Waals surface area contributed by atoms with E-state index < -0.39 is 4.92 Å². The standard InChI is InChI=1S/C13H6BrClN4O2S/c14-12-18-10(7-2-1-3-8(6-7)19(20)21)11(22-12)9-4-5-16-13(15)17-9/h1-6H. The predicted molar refractivity (Wildman–Crippen MR) is 87.9 cm³/mol. The number of hydrogen-bond acceptors (Lipinski definition) is 6. The summed E-state index contributed by atoms with van der Waals surface area (Å²) in [5.74, 6) is 0. The maximum Gasteiger partial charge on any atom is 0.270 e. The van der Waals surface area contributed by atoms with Gasteiger partial charge in [0.1, 0.15) is 0 Å². The highest BCUT2D eigenvalue weighted by Gasteiger charge is 2.17. The van der Waals surface area contributed by atoms with Crippen LogP contribution in [0.1, 0.15) is 0 Å². The van der Waals surface area contributed by atoms with Crippen LogP contribution in [-0.2, 0) is 0 Å². The van der Waals surface area contributed by atoms with Crippen molar-refractivity contribution in [3.63, 3.8) is 0 Å². The Morgan fingerprint density at radius 2 is 2.09 bits per heavy atom. The summed E-state index contributed by atoms with van der Waals surface area (Å²) in [6, 6.07) is 8.02. The SMILES string of the molecule is O=[N+]([O-])c1cccc(-c2nc(Br)sc2-c2ccnc(Cl)n2)c1. The highest BCUT2D eigenvalue weighted by atomic mass is 79.9. The second-order valence-electron chi connectivity index (χ2n) is 4.16. The van der Waals surface area contributed by atoms with Crippen LogP contribution in [0.2, 0.25) is 5.28 Å². The Morgan fingerprint density at radius 3 is 2.82 bits per heavy atom. The molecule has 22 heavy (non-hydrogen) atoms. The number of hydrogen-bond donors (Lipinski definition) is 0. The smallest absolute Gasteiger partial charge is 0.258 e. The molecule has 0 atom stereocenters. The van der Waals surface area contributed by atoms with Gasteiger partial charge in [-0.25, -0.2) is 15.0 Å².